The number of carbonyl (C=O) groups is 2. The fourth-order valence-corrected chi connectivity index (χ4v) is 2.59. The van der Waals surface area contributed by atoms with Gasteiger partial charge in [-0.15, -0.1) is 0 Å². The summed E-state index contributed by atoms with van der Waals surface area (Å²) in [6, 6.07) is 0. The summed E-state index contributed by atoms with van der Waals surface area (Å²) >= 11 is 6.06. The Kier molecular flexibility index (Phi) is 6.78. The summed E-state index contributed by atoms with van der Waals surface area (Å²) in [6.45, 7) is 6.10. The Bertz CT molecular complexity index is 588. The van der Waals surface area contributed by atoms with Gasteiger partial charge >= 0.3 is 0 Å². The van der Waals surface area contributed by atoms with E-state index in [4.69, 9.17) is 11.6 Å². The van der Waals surface area contributed by atoms with E-state index >= 15 is 0 Å². The second-order valence-corrected chi connectivity index (χ2v) is 6.52. The van der Waals surface area contributed by atoms with Crippen molar-refractivity contribution in [2.75, 3.05) is 31.1 Å². The number of hydrogen-bond acceptors (Lipinski definition) is 5. The van der Waals surface area contributed by atoms with Crippen molar-refractivity contribution < 1.29 is 9.59 Å². The predicted molar refractivity (Wildman–Crippen MR) is 93.3 cm³/mol. The average Bonchev–Trinajstić information content (AvgIpc) is 2.59. The van der Waals surface area contributed by atoms with Gasteiger partial charge in [0.2, 0.25) is 11.9 Å². The van der Waals surface area contributed by atoms with E-state index in [1.165, 1.54) is 12.6 Å². The fourth-order valence-electron chi connectivity index (χ4n) is 2.41. The zero-order valence-electron chi connectivity index (χ0n) is 14.1. The lowest BCUT2D eigenvalue weighted by molar-refractivity contribution is -0.123. The standard InChI is InChI=1S/C16H24ClN5O2/c1-11(2)14(23)18-6-7-19-15(24)13-12(17)10-20-16(21-13)22-8-4-3-5-9-22/h10-11H,3-9H2,1-2H3,(H,18,23)(H,19,24). The summed E-state index contributed by atoms with van der Waals surface area (Å²) < 4.78 is 0. The zero-order chi connectivity index (χ0) is 17.5. The second-order valence-electron chi connectivity index (χ2n) is 6.12. The van der Waals surface area contributed by atoms with Crippen molar-refractivity contribution in [3.05, 3.63) is 16.9 Å². The van der Waals surface area contributed by atoms with Gasteiger partial charge in [-0.1, -0.05) is 25.4 Å². The molecule has 0 aliphatic carbocycles. The normalized spacial score (nSPS) is 14.6. The summed E-state index contributed by atoms with van der Waals surface area (Å²) in [5, 5.41) is 5.68. The van der Waals surface area contributed by atoms with Gasteiger partial charge in [-0.3, -0.25) is 9.59 Å². The SMILES string of the molecule is CC(C)C(=O)NCCNC(=O)c1nc(N2CCCCC2)ncc1Cl. The minimum atomic E-state index is -0.362. The lowest BCUT2D eigenvalue weighted by atomic mass is 10.1. The highest BCUT2D eigenvalue weighted by Crippen LogP contribution is 2.19. The highest BCUT2D eigenvalue weighted by Gasteiger charge is 2.18. The number of anilines is 1. The minimum absolute atomic E-state index is 0.0447. The third-order valence-electron chi connectivity index (χ3n) is 3.82. The molecule has 2 rings (SSSR count). The Morgan fingerprint density at radius 1 is 1.21 bits per heavy atom. The van der Waals surface area contributed by atoms with Gasteiger partial charge in [-0.2, -0.15) is 0 Å². The minimum Gasteiger partial charge on any atom is -0.354 e. The maximum Gasteiger partial charge on any atom is 0.271 e. The third kappa shape index (κ3) is 5.06. The number of nitrogens with zero attached hydrogens (tertiary/aromatic N) is 3. The molecular weight excluding hydrogens is 330 g/mol. The molecule has 2 heterocycles. The first-order valence-electron chi connectivity index (χ1n) is 8.32. The number of amides is 2. The van der Waals surface area contributed by atoms with E-state index in [2.05, 4.69) is 25.5 Å². The Hall–Kier alpha value is -1.89. The molecule has 0 saturated carbocycles. The van der Waals surface area contributed by atoms with Crippen LogP contribution in [-0.4, -0.2) is 48.0 Å². The van der Waals surface area contributed by atoms with Crippen molar-refractivity contribution in [1.29, 1.82) is 0 Å². The molecule has 0 radical (unpaired) electrons. The van der Waals surface area contributed by atoms with E-state index in [9.17, 15) is 9.59 Å². The summed E-state index contributed by atoms with van der Waals surface area (Å²) in [5.74, 6) is 0.0534. The first-order chi connectivity index (χ1) is 11.5. The van der Waals surface area contributed by atoms with Crippen LogP contribution >= 0.6 is 11.6 Å². The highest BCUT2D eigenvalue weighted by atomic mass is 35.5. The van der Waals surface area contributed by atoms with Crippen LogP contribution in [0.3, 0.4) is 0 Å². The van der Waals surface area contributed by atoms with Gasteiger partial charge in [0.05, 0.1) is 11.2 Å². The maximum atomic E-state index is 12.3. The number of piperidine rings is 1. The summed E-state index contributed by atoms with van der Waals surface area (Å²) in [7, 11) is 0. The molecule has 1 fully saturated rings. The van der Waals surface area contributed by atoms with Crippen LogP contribution < -0.4 is 15.5 Å². The summed E-state index contributed by atoms with van der Waals surface area (Å²) in [6.07, 6.45) is 4.87. The highest BCUT2D eigenvalue weighted by molar-refractivity contribution is 6.33. The van der Waals surface area contributed by atoms with E-state index in [0.717, 1.165) is 25.9 Å². The van der Waals surface area contributed by atoms with Crippen molar-refractivity contribution in [2.24, 2.45) is 5.92 Å². The van der Waals surface area contributed by atoms with Gasteiger partial charge < -0.3 is 15.5 Å². The number of halogens is 1. The summed E-state index contributed by atoms with van der Waals surface area (Å²) in [4.78, 5) is 34.3. The Labute approximate surface area is 147 Å². The van der Waals surface area contributed by atoms with Crippen molar-refractivity contribution in [1.82, 2.24) is 20.6 Å². The van der Waals surface area contributed by atoms with Crippen LogP contribution in [0, 0.1) is 5.92 Å². The van der Waals surface area contributed by atoms with Crippen LogP contribution in [0.25, 0.3) is 0 Å². The molecular formula is C16H24ClN5O2. The molecule has 1 saturated heterocycles. The average molecular weight is 354 g/mol. The zero-order valence-corrected chi connectivity index (χ0v) is 14.9. The smallest absolute Gasteiger partial charge is 0.271 e. The lowest BCUT2D eigenvalue weighted by Crippen LogP contribution is -2.37. The molecule has 0 atom stereocenters. The summed E-state index contributed by atoms with van der Waals surface area (Å²) in [5.41, 5.74) is 0.169. The third-order valence-corrected chi connectivity index (χ3v) is 4.10. The Morgan fingerprint density at radius 2 is 1.88 bits per heavy atom. The van der Waals surface area contributed by atoms with Gasteiger partial charge in [0.25, 0.3) is 5.91 Å². The quantitative estimate of drug-likeness (QED) is 0.759. The molecule has 0 aromatic carbocycles. The van der Waals surface area contributed by atoms with E-state index in [1.807, 2.05) is 13.8 Å². The molecule has 7 nitrogen and oxygen atoms in total. The molecule has 0 unspecified atom stereocenters. The van der Waals surface area contributed by atoms with Gasteiger partial charge in [0, 0.05) is 32.1 Å². The molecule has 2 N–H and O–H groups in total. The molecule has 0 spiro atoms. The number of hydrogen-bond donors (Lipinski definition) is 2. The Balaban J connectivity index is 1.92. The number of nitrogens with one attached hydrogen (secondary N) is 2. The van der Waals surface area contributed by atoms with Crippen molar-refractivity contribution in [3.63, 3.8) is 0 Å². The van der Waals surface area contributed by atoms with Crippen molar-refractivity contribution in [2.45, 2.75) is 33.1 Å². The molecule has 1 aliphatic heterocycles. The molecule has 8 heteroatoms. The largest absolute Gasteiger partial charge is 0.354 e. The van der Waals surface area contributed by atoms with Crippen LogP contribution in [0.5, 0.6) is 0 Å². The maximum absolute atomic E-state index is 12.3. The first-order valence-corrected chi connectivity index (χ1v) is 8.70. The lowest BCUT2D eigenvalue weighted by Gasteiger charge is -2.26. The monoisotopic (exact) mass is 353 g/mol. The molecule has 132 valence electrons. The number of aromatic nitrogens is 2. The van der Waals surface area contributed by atoms with Gasteiger partial charge in [-0.05, 0) is 19.3 Å². The van der Waals surface area contributed by atoms with Crippen molar-refractivity contribution >= 4 is 29.4 Å². The molecule has 2 amide bonds. The molecule has 1 aromatic rings. The molecule has 1 aliphatic rings. The van der Waals surface area contributed by atoms with Crippen LogP contribution in [0.15, 0.2) is 6.20 Å². The van der Waals surface area contributed by atoms with Crippen LogP contribution in [0.2, 0.25) is 5.02 Å². The first kappa shape index (κ1) is 18.4. The number of rotatable bonds is 6. The van der Waals surface area contributed by atoms with Crippen molar-refractivity contribution in [3.8, 4) is 0 Å². The van der Waals surface area contributed by atoms with Gasteiger partial charge in [0.15, 0.2) is 5.69 Å². The van der Waals surface area contributed by atoms with E-state index in [0.29, 0.717) is 19.0 Å². The van der Waals surface area contributed by atoms with Gasteiger partial charge in [-0.25, -0.2) is 9.97 Å². The van der Waals surface area contributed by atoms with Crippen LogP contribution in [0.1, 0.15) is 43.6 Å². The van der Waals surface area contributed by atoms with E-state index < -0.39 is 0 Å². The molecule has 24 heavy (non-hydrogen) atoms. The van der Waals surface area contributed by atoms with Crippen LogP contribution in [-0.2, 0) is 4.79 Å². The van der Waals surface area contributed by atoms with E-state index in [1.54, 1.807) is 0 Å². The topological polar surface area (TPSA) is 87.2 Å². The van der Waals surface area contributed by atoms with Gasteiger partial charge in [0.1, 0.15) is 0 Å². The fraction of sp³-hybridized carbons (Fsp3) is 0.625. The van der Waals surface area contributed by atoms with Crippen LogP contribution in [0.4, 0.5) is 5.95 Å². The number of carbonyl (C=O) groups excluding carboxylic acids is 2. The van der Waals surface area contributed by atoms with E-state index in [-0.39, 0.29) is 28.4 Å². The second kappa shape index (κ2) is 8.82. The molecule has 0 bridgehead atoms. The predicted octanol–water partition coefficient (Wildman–Crippen LogP) is 1.62. The molecule has 1 aromatic heterocycles. The Morgan fingerprint density at radius 3 is 2.54 bits per heavy atom.